The molecule has 1 saturated heterocycles. The fraction of sp³-hybridized carbons (Fsp3) is 0.360. The Balaban J connectivity index is 1.58. The smallest absolute Gasteiger partial charge is 0.226 e. The lowest BCUT2D eigenvalue weighted by Crippen LogP contribution is -2.36. The molecule has 0 amide bonds. The predicted octanol–water partition coefficient (Wildman–Crippen LogP) is 3.03. The molecular weight excluding hydrogens is 500 g/mol. The van der Waals surface area contributed by atoms with E-state index in [0.29, 0.717) is 30.0 Å². The van der Waals surface area contributed by atoms with Crippen LogP contribution in [0.3, 0.4) is 0 Å². The standard InChI is InChI=1S/C25H23F2N7O2S/c1-33(2)17-7-34(6-11(17)8-35)25-31-4-13-14-9-36-10-15(14)18(20(27)21(13)32-25)22-19-12(3-28)24(29)37-23(19)16(26)5-30-22/h4-5,11,17,35H,6-10,29H2,1-2H3/t11-,17-/m1/s1. The van der Waals surface area contributed by atoms with Gasteiger partial charge in [-0.1, -0.05) is 0 Å². The molecule has 0 aliphatic carbocycles. The molecule has 5 heterocycles. The monoisotopic (exact) mass is 523 g/mol. The number of pyridine rings is 1. The summed E-state index contributed by atoms with van der Waals surface area (Å²) in [6.07, 6.45) is 2.62. The highest BCUT2D eigenvalue weighted by molar-refractivity contribution is 7.23. The van der Waals surface area contributed by atoms with Crippen molar-refractivity contribution in [2.45, 2.75) is 19.3 Å². The van der Waals surface area contributed by atoms with E-state index >= 15 is 4.39 Å². The number of hydrogen-bond acceptors (Lipinski definition) is 10. The number of benzene rings is 1. The Hall–Kier alpha value is -3.50. The number of ether oxygens (including phenoxy) is 1. The number of aromatic nitrogens is 3. The third-order valence-corrected chi connectivity index (χ3v) is 8.35. The van der Waals surface area contributed by atoms with Gasteiger partial charge in [-0.25, -0.2) is 18.7 Å². The molecule has 2 aliphatic rings. The fourth-order valence-electron chi connectivity index (χ4n) is 5.47. The molecule has 0 unspecified atom stereocenters. The van der Waals surface area contributed by atoms with Gasteiger partial charge in [-0.15, -0.1) is 11.3 Å². The molecule has 6 rings (SSSR count). The van der Waals surface area contributed by atoms with Crippen LogP contribution >= 0.6 is 11.3 Å². The summed E-state index contributed by atoms with van der Waals surface area (Å²) in [6.45, 7) is 1.52. The quantitative estimate of drug-likeness (QED) is 0.415. The molecule has 0 bridgehead atoms. The average Bonchev–Trinajstić information content (AvgIpc) is 3.62. The van der Waals surface area contributed by atoms with Gasteiger partial charge in [-0.3, -0.25) is 4.98 Å². The number of thiophene rings is 1. The van der Waals surface area contributed by atoms with Gasteiger partial charge in [0.1, 0.15) is 16.6 Å². The lowest BCUT2D eigenvalue weighted by Gasteiger charge is -2.23. The Bertz CT molecular complexity index is 1620. The highest BCUT2D eigenvalue weighted by atomic mass is 32.1. The van der Waals surface area contributed by atoms with E-state index in [-0.39, 0.29) is 69.2 Å². The van der Waals surface area contributed by atoms with Crippen LogP contribution in [0, 0.1) is 28.9 Å². The molecule has 190 valence electrons. The molecular formula is C25H23F2N7O2S. The van der Waals surface area contributed by atoms with E-state index in [1.807, 2.05) is 25.1 Å². The summed E-state index contributed by atoms with van der Waals surface area (Å²) >= 11 is 0.935. The minimum Gasteiger partial charge on any atom is -0.396 e. The molecule has 3 aromatic heterocycles. The maximum Gasteiger partial charge on any atom is 0.226 e. The first-order chi connectivity index (χ1) is 17.8. The van der Waals surface area contributed by atoms with Crippen molar-refractivity contribution in [3.63, 3.8) is 0 Å². The summed E-state index contributed by atoms with van der Waals surface area (Å²) in [5.41, 5.74) is 7.74. The van der Waals surface area contributed by atoms with Crippen LogP contribution in [0.5, 0.6) is 0 Å². The van der Waals surface area contributed by atoms with E-state index in [1.54, 1.807) is 6.20 Å². The van der Waals surface area contributed by atoms with Crippen LogP contribution in [-0.4, -0.2) is 64.8 Å². The van der Waals surface area contributed by atoms with E-state index in [0.717, 1.165) is 23.1 Å². The van der Waals surface area contributed by atoms with Crippen LogP contribution < -0.4 is 10.6 Å². The summed E-state index contributed by atoms with van der Waals surface area (Å²) in [5.74, 6) is -0.903. The van der Waals surface area contributed by atoms with Gasteiger partial charge in [0.2, 0.25) is 5.95 Å². The molecule has 3 N–H and O–H groups in total. The number of nitrogens with zero attached hydrogens (tertiary/aromatic N) is 6. The molecule has 0 spiro atoms. The van der Waals surface area contributed by atoms with E-state index in [9.17, 15) is 14.8 Å². The molecule has 0 radical (unpaired) electrons. The highest BCUT2D eigenvalue weighted by Gasteiger charge is 2.36. The number of aliphatic hydroxyl groups excluding tert-OH is 1. The number of halogens is 2. The van der Waals surface area contributed by atoms with Crippen LogP contribution in [0.2, 0.25) is 0 Å². The normalized spacial score (nSPS) is 19.3. The van der Waals surface area contributed by atoms with Gasteiger partial charge >= 0.3 is 0 Å². The number of hydrogen-bond donors (Lipinski definition) is 2. The van der Waals surface area contributed by atoms with Crippen molar-refractivity contribution >= 4 is 43.3 Å². The number of fused-ring (bicyclic) bond motifs is 4. The molecule has 37 heavy (non-hydrogen) atoms. The van der Waals surface area contributed by atoms with Crippen molar-refractivity contribution in [2.24, 2.45) is 5.92 Å². The zero-order chi connectivity index (χ0) is 26.0. The molecule has 4 aromatic rings. The maximum absolute atomic E-state index is 16.4. The Morgan fingerprint density at radius 2 is 2.03 bits per heavy atom. The number of aliphatic hydroxyl groups is 1. The van der Waals surface area contributed by atoms with Crippen molar-refractivity contribution in [3.8, 4) is 17.3 Å². The van der Waals surface area contributed by atoms with Gasteiger partial charge in [-0.05, 0) is 25.2 Å². The molecule has 12 heteroatoms. The topological polar surface area (TPSA) is 124 Å². The lowest BCUT2D eigenvalue weighted by molar-refractivity contribution is 0.135. The van der Waals surface area contributed by atoms with Crippen LogP contribution in [0.4, 0.5) is 19.7 Å². The minimum absolute atomic E-state index is 0.00766. The van der Waals surface area contributed by atoms with E-state index in [1.165, 1.54) is 0 Å². The van der Waals surface area contributed by atoms with Crippen molar-refractivity contribution in [1.82, 2.24) is 19.9 Å². The van der Waals surface area contributed by atoms with Gasteiger partial charge in [-0.2, -0.15) is 5.26 Å². The Morgan fingerprint density at radius 3 is 2.73 bits per heavy atom. The van der Waals surface area contributed by atoms with Crippen molar-refractivity contribution in [2.75, 3.05) is 44.4 Å². The number of likely N-dealkylation sites (N-methyl/N-ethyl adjacent to an activating group) is 1. The Labute approximate surface area is 214 Å². The number of rotatable bonds is 4. The van der Waals surface area contributed by atoms with E-state index in [4.69, 9.17) is 10.5 Å². The van der Waals surface area contributed by atoms with Crippen molar-refractivity contribution in [3.05, 3.63) is 40.7 Å². The van der Waals surface area contributed by atoms with Crippen LogP contribution in [0.25, 0.3) is 32.2 Å². The van der Waals surface area contributed by atoms with Gasteiger partial charge in [0.05, 0.1) is 35.4 Å². The van der Waals surface area contributed by atoms with Gasteiger partial charge in [0, 0.05) is 54.2 Å². The molecule has 1 fully saturated rings. The van der Waals surface area contributed by atoms with Gasteiger partial charge < -0.3 is 25.4 Å². The van der Waals surface area contributed by atoms with Crippen LogP contribution in [-0.2, 0) is 18.0 Å². The van der Waals surface area contributed by atoms with E-state index < -0.39 is 11.6 Å². The second kappa shape index (κ2) is 8.81. The molecule has 1 aromatic carbocycles. The van der Waals surface area contributed by atoms with E-state index in [2.05, 4.69) is 19.9 Å². The van der Waals surface area contributed by atoms with Crippen LogP contribution in [0.15, 0.2) is 12.4 Å². The molecule has 9 nitrogen and oxygen atoms in total. The largest absolute Gasteiger partial charge is 0.396 e. The molecule has 2 aliphatic heterocycles. The third kappa shape index (κ3) is 3.53. The molecule has 2 atom stereocenters. The zero-order valence-corrected chi connectivity index (χ0v) is 20.9. The zero-order valence-electron chi connectivity index (χ0n) is 20.1. The summed E-state index contributed by atoms with van der Waals surface area (Å²) < 4.78 is 36.9. The van der Waals surface area contributed by atoms with Crippen molar-refractivity contribution in [1.29, 1.82) is 5.26 Å². The first kappa shape index (κ1) is 23.9. The first-order valence-corrected chi connectivity index (χ1v) is 12.5. The minimum atomic E-state index is -0.640. The highest BCUT2D eigenvalue weighted by Crippen LogP contribution is 2.45. The Morgan fingerprint density at radius 1 is 1.24 bits per heavy atom. The van der Waals surface area contributed by atoms with Gasteiger partial charge in [0.25, 0.3) is 0 Å². The van der Waals surface area contributed by atoms with Crippen LogP contribution in [0.1, 0.15) is 16.7 Å². The lowest BCUT2D eigenvalue weighted by atomic mass is 9.94. The Kier molecular flexibility index (Phi) is 5.68. The summed E-state index contributed by atoms with van der Waals surface area (Å²) in [6, 6.07) is 2.12. The average molecular weight is 524 g/mol. The molecule has 0 saturated carbocycles. The summed E-state index contributed by atoms with van der Waals surface area (Å²) in [4.78, 5) is 17.4. The maximum atomic E-state index is 16.4. The second-order valence-electron chi connectivity index (χ2n) is 9.56. The van der Waals surface area contributed by atoms with Crippen molar-refractivity contribution < 1.29 is 18.6 Å². The van der Waals surface area contributed by atoms with Gasteiger partial charge in [0.15, 0.2) is 11.6 Å². The fourth-order valence-corrected chi connectivity index (χ4v) is 6.39. The first-order valence-electron chi connectivity index (χ1n) is 11.7. The second-order valence-corrected chi connectivity index (χ2v) is 10.6. The number of nitrogen functional groups attached to an aromatic ring is 1. The third-order valence-electron chi connectivity index (χ3n) is 7.32. The number of nitriles is 1. The number of anilines is 2. The number of nitrogens with two attached hydrogens (primary N) is 1. The summed E-state index contributed by atoms with van der Waals surface area (Å²) in [5, 5.41) is 20.4. The predicted molar refractivity (Wildman–Crippen MR) is 136 cm³/mol. The summed E-state index contributed by atoms with van der Waals surface area (Å²) in [7, 11) is 3.91. The SMILES string of the molecule is CN(C)[C@@H]1CN(c2ncc3c4c(c(-c5ncc(F)c6sc(N)c(C#N)c56)c(F)c3n2)COC4)C[C@@H]1CO.